The molecule has 0 aliphatic carbocycles. The molecule has 0 unspecified atom stereocenters. The summed E-state index contributed by atoms with van der Waals surface area (Å²) in [5, 5.41) is 2.60. The number of hydrogen-bond acceptors (Lipinski definition) is 4. The minimum atomic E-state index is -0.533. The van der Waals surface area contributed by atoms with Crippen molar-refractivity contribution in [1.29, 1.82) is 0 Å². The summed E-state index contributed by atoms with van der Waals surface area (Å²) in [6.07, 6.45) is 0.893. The number of nitrogens with two attached hydrogens (primary N) is 1. The second-order valence-corrected chi connectivity index (χ2v) is 5.01. The zero-order valence-electron chi connectivity index (χ0n) is 11.2. The van der Waals surface area contributed by atoms with Crippen LogP contribution < -0.4 is 11.1 Å². The molecule has 3 N–H and O–H groups in total. The van der Waals surface area contributed by atoms with Gasteiger partial charge in [-0.25, -0.2) is 0 Å². The molecule has 0 saturated heterocycles. The minimum Gasteiger partial charge on any atom is -0.460 e. The van der Waals surface area contributed by atoms with Crippen LogP contribution in [0.5, 0.6) is 0 Å². The average molecular weight is 258 g/mol. The molecule has 18 heavy (non-hydrogen) atoms. The first-order valence-electron chi connectivity index (χ1n) is 5.97. The smallest absolute Gasteiger partial charge is 0.306 e. The molecule has 104 valence electrons. The Hall–Kier alpha value is -1.59. The molecule has 0 aliphatic rings. The molecule has 6 heteroatoms. The van der Waals surface area contributed by atoms with E-state index in [9.17, 15) is 14.4 Å². The maximum absolute atomic E-state index is 11.3. The van der Waals surface area contributed by atoms with Gasteiger partial charge in [0.2, 0.25) is 11.8 Å². The SMILES string of the molecule is CC(C)(C)OC(=O)CCC(=O)NCCCC(N)=O. The van der Waals surface area contributed by atoms with Crippen molar-refractivity contribution in [3.05, 3.63) is 0 Å². The Kier molecular flexibility index (Phi) is 7.00. The van der Waals surface area contributed by atoms with Crippen LogP contribution in [0.3, 0.4) is 0 Å². The van der Waals surface area contributed by atoms with Crippen LogP contribution in [-0.2, 0) is 19.1 Å². The molecular weight excluding hydrogens is 236 g/mol. The van der Waals surface area contributed by atoms with E-state index in [1.807, 2.05) is 0 Å². The Morgan fingerprint density at radius 2 is 1.72 bits per heavy atom. The van der Waals surface area contributed by atoms with E-state index < -0.39 is 17.5 Å². The molecule has 6 nitrogen and oxygen atoms in total. The lowest BCUT2D eigenvalue weighted by molar-refractivity contribution is -0.155. The maximum Gasteiger partial charge on any atom is 0.306 e. The van der Waals surface area contributed by atoms with E-state index in [4.69, 9.17) is 10.5 Å². The van der Waals surface area contributed by atoms with Gasteiger partial charge in [0.15, 0.2) is 0 Å². The van der Waals surface area contributed by atoms with Gasteiger partial charge in [0.05, 0.1) is 6.42 Å². The topological polar surface area (TPSA) is 98.5 Å². The van der Waals surface area contributed by atoms with Crippen molar-refractivity contribution in [2.45, 2.75) is 52.1 Å². The maximum atomic E-state index is 11.3. The second-order valence-electron chi connectivity index (χ2n) is 5.01. The van der Waals surface area contributed by atoms with Gasteiger partial charge >= 0.3 is 5.97 Å². The molecular formula is C12H22N2O4. The molecule has 0 heterocycles. The third-order valence-electron chi connectivity index (χ3n) is 1.90. The van der Waals surface area contributed by atoms with E-state index in [2.05, 4.69) is 5.32 Å². The molecule has 0 saturated carbocycles. The van der Waals surface area contributed by atoms with Crippen molar-refractivity contribution in [2.75, 3.05) is 6.54 Å². The number of nitrogens with one attached hydrogen (secondary N) is 1. The summed E-state index contributed by atoms with van der Waals surface area (Å²) in [5.41, 5.74) is 4.42. The molecule has 0 aromatic heterocycles. The molecule has 0 atom stereocenters. The zero-order valence-corrected chi connectivity index (χ0v) is 11.2. The van der Waals surface area contributed by atoms with Gasteiger partial charge in [-0.2, -0.15) is 0 Å². The van der Waals surface area contributed by atoms with Crippen LogP contribution in [-0.4, -0.2) is 29.9 Å². The van der Waals surface area contributed by atoms with Crippen LogP contribution in [0.1, 0.15) is 46.5 Å². The number of primary amides is 1. The Morgan fingerprint density at radius 3 is 2.22 bits per heavy atom. The van der Waals surface area contributed by atoms with Gasteiger partial charge in [0, 0.05) is 19.4 Å². The highest BCUT2D eigenvalue weighted by Gasteiger charge is 2.16. The Morgan fingerprint density at radius 1 is 1.11 bits per heavy atom. The summed E-state index contributed by atoms with van der Waals surface area (Å²) in [7, 11) is 0. The average Bonchev–Trinajstić information content (AvgIpc) is 2.19. The second kappa shape index (κ2) is 7.68. The van der Waals surface area contributed by atoms with Crippen molar-refractivity contribution in [1.82, 2.24) is 5.32 Å². The summed E-state index contributed by atoms with van der Waals surface area (Å²) in [6, 6.07) is 0. The van der Waals surface area contributed by atoms with E-state index in [-0.39, 0.29) is 25.2 Å². The lowest BCUT2D eigenvalue weighted by atomic mass is 10.2. The number of ether oxygens (including phenoxy) is 1. The van der Waals surface area contributed by atoms with Gasteiger partial charge < -0.3 is 15.8 Å². The monoisotopic (exact) mass is 258 g/mol. The third-order valence-corrected chi connectivity index (χ3v) is 1.90. The standard InChI is InChI=1S/C12H22N2O4/c1-12(2,3)18-11(17)7-6-10(16)14-8-4-5-9(13)15/h4-8H2,1-3H3,(H2,13,15)(H,14,16). The van der Waals surface area contributed by atoms with Crippen LogP contribution in [0, 0.1) is 0 Å². The Bertz CT molecular complexity index is 308. The Balaban J connectivity index is 3.64. The number of rotatable bonds is 7. The fourth-order valence-corrected chi connectivity index (χ4v) is 1.19. The molecule has 0 aliphatic heterocycles. The van der Waals surface area contributed by atoms with E-state index in [0.29, 0.717) is 13.0 Å². The summed E-state index contributed by atoms with van der Waals surface area (Å²) in [6.45, 7) is 5.70. The van der Waals surface area contributed by atoms with Crippen molar-refractivity contribution in [3.63, 3.8) is 0 Å². The summed E-state index contributed by atoms with van der Waals surface area (Å²) in [4.78, 5) is 33.1. The molecule has 0 radical (unpaired) electrons. The number of carbonyl (C=O) groups excluding carboxylic acids is 3. The fourth-order valence-electron chi connectivity index (χ4n) is 1.19. The zero-order chi connectivity index (χ0) is 14.2. The third kappa shape index (κ3) is 10.9. The van der Waals surface area contributed by atoms with Gasteiger partial charge in [-0.1, -0.05) is 0 Å². The number of carbonyl (C=O) groups is 3. The van der Waals surface area contributed by atoms with E-state index in [0.717, 1.165) is 0 Å². The van der Waals surface area contributed by atoms with Crippen LogP contribution >= 0.6 is 0 Å². The summed E-state index contributed by atoms with van der Waals surface area (Å²) >= 11 is 0. The highest BCUT2D eigenvalue weighted by molar-refractivity contribution is 5.81. The van der Waals surface area contributed by atoms with E-state index in [1.165, 1.54) is 0 Å². The van der Waals surface area contributed by atoms with Crippen LogP contribution in [0.15, 0.2) is 0 Å². The first-order valence-corrected chi connectivity index (χ1v) is 5.97. The fraction of sp³-hybridized carbons (Fsp3) is 0.750. The van der Waals surface area contributed by atoms with Gasteiger partial charge in [-0.15, -0.1) is 0 Å². The van der Waals surface area contributed by atoms with Crippen LogP contribution in [0.2, 0.25) is 0 Å². The lowest BCUT2D eigenvalue weighted by Gasteiger charge is -2.19. The predicted octanol–water partition coefficient (Wildman–Crippen LogP) is 0.490. The van der Waals surface area contributed by atoms with E-state index >= 15 is 0 Å². The number of amides is 2. The molecule has 0 rings (SSSR count). The van der Waals surface area contributed by atoms with Gasteiger partial charge in [0.25, 0.3) is 0 Å². The van der Waals surface area contributed by atoms with Crippen LogP contribution in [0.25, 0.3) is 0 Å². The van der Waals surface area contributed by atoms with Gasteiger partial charge in [0.1, 0.15) is 5.60 Å². The highest BCUT2D eigenvalue weighted by Crippen LogP contribution is 2.08. The highest BCUT2D eigenvalue weighted by atomic mass is 16.6. The molecule has 0 bridgehead atoms. The molecule has 0 aromatic rings. The number of hydrogen-bond donors (Lipinski definition) is 2. The van der Waals surface area contributed by atoms with E-state index in [1.54, 1.807) is 20.8 Å². The van der Waals surface area contributed by atoms with Crippen LogP contribution in [0.4, 0.5) is 0 Å². The first kappa shape index (κ1) is 16.4. The van der Waals surface area contributed by atoms with Gasteiger partial charge in [-0.3, -0.25) is 14.4 Å². The largest absolute Gasteiger partial charge is 0.460 e. The normalized spacial score (nSPS) is 10.8. The quantitative estimate of drug-likeness (QED) is 0.513. The summed E-state index contributed by atoms with van der Waals surface area (Å²) in [5.74, 6) is -1.02. The van der Waals surface area contributed by atoms with Crippen molar-refractivity contribution in [3.8, 4) is 0 Å². The predicted molar refractivity (Wildman–Crippen MR) is 66.5 cm³/mol. The van der Waals surface area contributed by atoms with Crippen molar-refractivity contribution >= 4 is 17.8 Å². The molecule has 0 aromatic carbocycles. The number of esters is 1. The minimum absolute atomic E-state index is 0.0545. The molecule has 0 spiro atoms. The first-order chi connectivity index (χ1) is 8.20. The summed E-state index contributed by atoms with van der Waals surface area (Å²) < 4.78 is 5.07. The lowest BCUT2D eigenvalue weighted by Crippen LogP contribution is -2.28. The van der Waals surface area contributed by atoms with Crippen molar-refractivity contribution in [2.24, 2.45) is 5.73 Å². The molecule has 2 amide bonds. The van der Waals surface area contributed by atoms with Crippen molar-refractivity contribution < 1.29 is 19.1 Å². The Labute approximate surface area is 107 Å². The van der Waals surface area contributed by atoms with Gasteiger partial charge in [-0.05, 0) is 27.2 Å². The molecule has 0 fully saturated rings.